The second kappa shape index (κ2) is 4.08. The van der Waals surface area contributed by atoms with Crippen molar-refractivity contribution in [1.82, 2.24) is 9.78 Å². The molecule has 0 aliphatic heterocycles. The van der Waals surface area contributed by atoms with Gasteiger partial charge in [-0.1, -0.05) is 6.07 Å². The molecular weight excluding hydrogens is 218 g/mol. The lowest BCUT2D eigenvalue weighted by Crippen LogP contribution is -2.10. The average Bonchev–Trinajstić information content (AvgIpc) is 2.55. The Labute approximate surface area is 99.1 Å². The molecule has 1 aromatic carbocycles. The van der Waals surface area contributed by atoms with Crippen LogP contribution in [0, 0.1) is 0 Å². The molecule has 2 aromatic rings. The van der Waals surface area contributed by atoms with Gasteiger partial charge in [0.25, 0.3) is 0 Å². The Morgan fingerprint density at radius 3 is 2.76 bits per heavy atom. The van der Waals surface area contributed by atoms with Crippen molar-refractivity contribution in [1.29, 1.82) is 0 Å². The van der Waals surface area contributed by atoms with Crippen LogP contribution in [-0.2, 0) is 7.05 Å². The zero-order chi connectivity index (χ0) is 12.6. The van der Waals surface area contributed by atoms with Crippen LogP contribution in [0.5, 0.6) is 0 Å². The lowest BCUT2D eigenvalue weighted by atomic mass is 10.1. The number of aromatic nitrogens is 2. The number of aryl methyl sites for hydroxylation is 1. The molecule has 17 heavy (non-hydrogen) atoms. The van der Waals surface area contributed by atoms with Crippen LogP contribution in [0.3, 0.4) is 0 Å². The summed E-state index contributed by atoms with van der Waals surface area (Å²) >= 11 is 0. The third kappa shape index (κ3) is 1.95. The minimum atomic E-state index is -0.935. The maximum atomic E-state index is 11.1. The average molecular weight is 233 g/mol. The summed E-state index contributed by atoms with van der Waals surface area (Å²) in [6.45, 7) is 4.03. The number of carboxylic acids is 1. The molecule has 90 valence electrons. The smallest absolute Gasteiger partial charge is 0.337 e. The van der Waals surface area contributed by atoms with Gasteiger partial charge in [-0.3, -0.25) is 4.68 Å². The SMILES string of the molecule is CC(C)Nc1nn(C)c2c(C(=O)O)cccc12. The Hall–Kier alpha value is -2.04. The van der Waals surface area contributed by atoms with Crippen LogP contribution in [0.1, 0.15) is 24.2 Å². The molecule has 5 nitrogen and oxygen atoms in total. The minimum absolute atomic E-state index is 0.251. The summed E-state index contributed by atoms with van der Waals surface area (Å²) in [4.78, 5) is 11.1. The van der Waals surface area contributed by atoms with Gasteiger partial charge in [-0.05, 0) is 26.0 Å². The lowest BCUT2D eigenvalue weighted by molar-refractivity contribution is 0.0698. The molecule has 1 heterocycles. The maximum Gasteiger partial charge on any atom is 0.337 e. The van der Waals surface area contributed by atoms with E-state index in [-0.39, 0.29) is 11.6 Å². The number of benzene rings is 1. The van der Waals surface area contributed by atoms with Gasteiger partial charge in [-0.2, -0.15) is 5.10 Å². The number of hydrogen-bond acceptors (Lipinski definition) is 3. The van der Waals surface area contributed by atoms with Crippen molar-refractivity contribution in [3.05, 3.63) is 23.8 Å². The van der Waals surface area contributed by atoms with Crippen LogP contribution >= 0.6 is 0 Å². The highest BCUT2D eigenvalue weighted by Crippen LogP contribution is 2.25. The Kier molecular flexibility index (Phi) is 2.75. The molecule has 0 bridgehead atoms. The standard InChI is InChI=1S/C12H15N3O2/c1-7(2)13-11-8-5-4-6-9(12(16)17)10(8)15(3)14-11/h4-7H,1-3H3,(H,13,14)(H,16,17). The summed E-state index contributed by atoms with van der Waals surface area (Å²) in [5, 5.41) is 17.5. The van der Waals surface area contributed by atoms with Crippen molar-refractivity contribution < 1.29 is 9.90 Å². The van der Waals surface area contributed by atoms with Gasteiger partial charge >= 0.3 is 5.97 Å². The van der Waals surface area contributed by atoms with E-state index in [1.807, 2.05) is 19.9 Å². The topological polar surface area (TPSA) is 67.2 Å². The quantitative estimate of drug-likeness (QED) is 0.851. The highest BCUT2D eigenvalue weighted by Gasteiger charge is 2.16. The molecule has 0 unspecified atom stereocenters. The molecule has 0 amide bonds. The van der Waals surface area contributed by atoms with E-state index in [4.69, 9.17) is 5.11 Å². The van der Waals surface area contributed by atoms with E-state index < -0.39 is 5.97 Å². The highest BCUT2D eigenvalue weighted by atomic mass is 16.4. The zero-order valence-electron chi connectivity index (χ0n) is 10.1. The van der Waals surface area contributed by atoms with Gasteiger partial charge in [0.05, 0.1) is 11.1 Å². The number of hydrogen-bond donors (Lipinski definition) is 2. The molecule has 0 saturated carbocycles. The molecule has 2 N–H and O–H groups in total. The van der Waals surface area contributed by atoms with E-state index in [1.165, 1.54) is 0 Å². The first-order valence-electron chi connectivity index (χ1n) is 5.46. The normalized spacial score (nSPS) is 11.1. The van der Waals surface area contributed by atoms with Gasteiger partial charge in [0.15, 0.2) is 5.82 Å². The zero-order valence-corrected chi connectivity index (χ0v) is 10.1. The number of para-hydroxylation sites is 1. The second-order valence-electron chi connectivity index (χ2n) is 4.28. The van der Waals surface area contributed by atoms with E-state index in [2.05, 4.69) is 10.4 Å². The van der Waals surface area contributed by atoms with Gasteiger partial charge in [0.1, 0.15) is 0 Å². The fourth-order valence-electron chi connectivity index (χ4n) is 1.89. The number of rotatable bonds is 3. The van der Waals surface area contributed by atoms with Crippen LogP contribution in [0.4, 0.5) is 5.82 Å². The number of aromatic carboxylic acids is 1. The molecule has 1 aromatic heterocycles. The summed E-state index contributed by atoms with van der Waals surface area (Å²) < 4.78 is 1.60. The highest BCUT2D eigenvalue weighted by molar-refractivity contribution is 6.05. The van der Waals surface area contributed by atoms with Crippen molar-refractivity contribution >= 4 is 22.7 Å². The Balaban J connectivity index is 2.68. The van der Waals surface area contributed by atoms with Gasteiger partial charge in [0.2, 0.25) is 0 Å². The summed E-state index contributed by atoms with van der Waals surface area (Å²) in [5.41, 5.74) is 0.914. The van der Waals surface area contributed by atoms with Crippen LogP contribution in [0.15, 0.2) is 18.2 Å². The summed E-state index contributed by atoms with van der Waals surface area (Å²) in [6, 6.07) is 5.45. The van der Waals surface area contributed by atoms with Crippen LogP contribution in [-0.4, -0.2) is 26.9 Å². The van der Waals surface area contributed by atoms with Crippen molar-refractivity contribution in [2.45, 2.75) is 19.9 Å². The fourth-order valence-corrected chi connectivity index (χ4v) is 1.89. The molecule has 2 rings (SSSR count). The fraction of sp³-hybridized carbons (Fsp3) is 0.333. The number of carboxylic acid groups (broad SMARTS) is 1. The Morgan fingerprint density at radius 1 is 1.47 bits per heavy atom. The Morgan fingerprint density at radius 2 is 2.18 bits per heavy atom. The van der Waals surface area contributed by atoms with Gasteiger partial charge < -0.3 is 10.4 Å². The third-order valence-corrected chi connectivity index (χ3v) is 2.52. The molecule has 0 atom stereocenters. The predicted octanol–water partition coefficient (Wildman–Crippen LogP) is 2.09. The van der Waals surface area contributed by atoms with E-state index in [0.717, 1.165) is 11.2 Å². The first kappa shape index (κ1) is 11.4. The molecule has 0 aliphatic carbocycles. The number of anilines is 1. The van der Waals surface area contributed by atoms with Crippen molar-refractivity contribution in [3.8, 4) is 0 Å². The first-order chi connectivity index (χ1) is 8.00. The predicted molar refractivity (Wildman–Crippen MR) is 66.4 cm³/mol. The molecule has 0 fully saturated rings. The Bertz CT molecular complexity index is 572. The van der Waals surface area contributed by atoms with Crippen molar-refractivity contribution in [3.63, 3.8) is 0 Å². The van der Waals surface area contributed by atoms with Gasteiger partial charge in [0, 0.05) is 18.5 Å². The van der Waals surface area contributed by atoms with E-state index in [9.17, 15) is 4.79 Å². The van der Waals surface area contributed by atoms with Gasteiger partial charge in [-0.15, -0.1) is 0 Å². The largest absolute Gasteiger partial charge is 0.478 e. The van der Waals surface area contributed by atoms with Crippen LogP contribution in [0.2, 0.25) is 0 Å². The summed E-state index contributed by atoms with van der Waals surface area (Å²) in [7, 11) is 1.75. The van der Waals surface area contributed by atoms with E-state index >= 15 is 0 Å². The summed E-state index contributed by atoms with van der Waals surface area (Å²) in [6.07, 6.45) is 0. The summed E-state index contributed by atoms with van der Waals surface area (Å²) in [5.74, 6) is -0.213. The lowest BCUT2D eigenvalue weighted by Gasteiger charge is -2.06. The monoisotopic (exact) mass is 233 g/mol. The molecule has 5 heteroatoms. The maximum absolute atomic E-state index is 11.1. The molecule has 0 spiro atoms. The van der Waals surface area contributed by atoms with Crippen LogP contribution in [0.25, 0.3) is 10.9 Å². The molecule has 0 radical (unpaired) electrons. The number of nitrogens with one attached hydrogen (secondary N) is 1. The van der Waals surface area contributed by atoms with Crippen molar-refractivity contribution in [2.24, 2.45) is 7.05 Å². The van der Waals surface area contributed by atoms with Gasteiger partial charge in [-0.25, -0.2) is 4.79 Å². The number of carbonyl (C=O) groups is 1. The second-order valence-corrected chi connectivity index (χ2v) is 4.28. The first-order valence-corrected chi connectivity index (χ1v) is 5.46. The van der Waals surface area contributed by atoms with E-state index in [0.29, 0.717) is 5.52 Å². The van der Waals surface area contributed by atoms with E-state index in [1.54, 1.807) is 23.9 Å². The third-order valence-electron chi connectivity index (χ3n) is 2.52. The van der Waals surface area contributed by atoms with Crippen molar-refractivity contribution in [2.75, 3.05) is 5.32 Å². The molecule has 0 aliphatic rings. The van der Waals surface area contributed by atoms with Crippen LogP contribution < -0.4 is 5.32 Å². The number of fused-ring (bicyclic) bond motifs is 1. The molecule has 0 saturated heterocycles. The minimum Gasteiger partial charge on any atom is -0.478 e. The number of nitrogens with zero attached hydrogens (tertiary/aromatic N) is 2. The molecular formula is C12H15N3O2.